The molecule has 6 heteroatoms. The summed E-state index contributed by atoms with van der Waals surface area (Å²) in [5.74, 6) is -1.24. The largest absolute Gasteiger partial charge is 0.481 e. The second-order valence-corrected chi connectivity index (χ2v) is 5.93. The molecule has 2 rings (SSSR count). The second kappa shape index (κ2) is 6.92. The van der Waals surface area contributed by atoms with E-state index in [0.29, 0.717) is 19.0 Å². The van der Waals surface area contributed by atoms with E-state index in [4.69, 9.17) is 5.11 Å². The van der Waals surface area contributed by atoms with Gasteiger partial charge in [0.05, 0.1) is 5.92 Å². The summed E-state index contributed by atoms with van der Waals surface area (Å²) in [4.78, 5) is 25.3. The number of aliphatic carboxylic acids is 1. The molecule has 0 spiro atoms. The predicted molar refractivity (Wildman–Crippen MR) is 75.6 cm³/mol. The fourth-order valence-corrected chi connectivity index (χ4v) is 3.20. The van der Waals surface area contributed by atoms with Gasteiger partial charge in [-0.3, -0.25) is 9.69 Å². The first kappa shape index (κ1) is 15.1. The fraction of sp³-hybridized carbons (Fsp3) is 0.857. The van der Waals surface area contributed by atoms with Gasteiger partial charge in [-0.05, 0) is 45.7 Å². The number of carboxylic acid groups (broad SMARTS) is 1. The van der Waals surface area contributed by atoms with Gasteiger partial charge in [0.25, 0.3) is 0 Å². The summed E-state index contributed by atoms with van der Waals surface area (Å²) in [6.07, 6.45) is 4.75. The Morgan fingerprint density at radius 1 is 1.25 bits per heavy atom. The van der Waals surface area contributed by atoms with Crippen molar-refractivity contribution in [2.75, 3.05) is 19.6 Å². The number of hydrogen-bond donors (Lipinski definition) is 3. The minimum Gasteiger partial charge on any atom is -0.481 e. The van der Waals surface area contributed by atoms with E-state index in [1.54, 1.807) is 0 Å². The van der Waals surface area contributed by atoms with Crippen LogP contribution < -0.4 is 10.6 Å². The topological polar surface area (TPSA) is 81.7 Å². The normalized spacial score (nSPS) is 28.2. The molecule has 3 N–H and O–H groups in total. The Morgan fingerprint density at radius 2 is 1.95 bits per heavy atom. The van der Waals surface area contributed by atoms with E-state index in [2.05, 4.69) is 22.5 Å². The smallest absolute Gasteiger partial charge is 0.315 e. The molecule has 1 aliphatic carbocycles. The van der Waals surface area contributed by atoms with Crippen LogP contribution in [0.25, 0.3) is 0 Å². The highest BCUT2D eigenvalue weighted by Crippen LogP contribution is 2.25. The Balaban J connectivity index is 1.70. The third-order valence-electron chi connectivity index (χ3n) is 4.47. The molecule has 6 nitrogen and oxygen atoms in total. The molecule has 1 saturated carbocycles. The molecular weight excluding hydrogens is 258 g/mol. The number of urea groups is 1. The standard InChI is InChI=1S/C14H25N3O3/c1-10(17-7-2-3-8-17)9-15-14(20)16-12-6-4-5-11(12)13(18)19/h10-12H,2-9H2,1H3,(H,18,19)(H2,15,16,20). The van der Waals surface area contributed by atoms with Crippen LogP contribution in [-0.2, 0) is 4.79 Å². The molecule has 3 atom stereocenters. The van der Waals surface area contributed by atoms with E-state index in [9.17, 15) is 9.59 Å². The number of carboxylic acids is 1. The van der Waals surface area contributed by atoms with Gasteiger partial charge in [-0.25, -0.2) is 4.79 Å². The van der Waals surface area contributed by atoms with E-state index in [0.717, 1.165) is 25.9 Å². The first-order chi connectivity index (χ1) is 9.58. The molecule has 0 aromatic rings. The Morgan fingerprint density at radius 3 is 2.60 bits per heavy atom. The van der Waals surface area contributed by atoms with E-state index >= 15 is 0 Å². The van der Waals surface area contributed by atoms with Gasteiger partial charge in [-0.2, -0.15) is 0 Å². The fourth-order valence-electron chi connectivity index (χ4n) is 3.20. The summed E-state index contributed by atoms with van der Waals surface area (Å²) in [6, 6.07) is -0.133. The van der Waals surface area contributed by atoms with Crippen LogP contribution in [0.2, 0.25) is 0 Å². The summed E-state index contributed by atoms with van der Waals surface area (Å²) in [6.45, 7) is 4.93. The van der Waals surface area contributed by atoms with E-state index in [1.165, 1.54) is 12.8 Å². The van der Waals surface area contributed by atoms with Gasteiger partial charge in [-0.15, -0.1) is 0 Å². The van der Waals surface area contributed by atoms with Crippen molar-refractivity contribution in [2.24, 2.45) is 5.92 Å². The van der Waals surface area contributed by atoms with E-state index in [1.807, 2.05) is 0 Å². The van der Waals surface area contributed by atoms with Gasteiger partial charge >= 0.3 is 12.0 Å². The van der Waals surface area contributed by atoms with Crippen molar-refractivity contribution in [3.05, 3.63) is 0 Å². The lowest BCUT2D eigenvalue weighted by Crippen LogP contribution is -2.48. The average Bonchev–Trinajstić information content (AvgIpc) is 3.06. The van der Waals surface area contributed by atoms with Crippen LogP contribution >= 0.6 is 0 Å². The molecule has 2 amide bonds. The first-order valence-corrected chi connectivity index (χ1v) is 7.59. The molecule has 1 heterocycles. The molecule has 1 aliphatic heterocycles. The lowest BCUT2D eigenvalue weighted by molar-refractivity contribution is -0.142. The third-order valence-corrected chi connectivity index (χ3v) is 4.47. The molecule has 20 heavy (non-hydrogen) atoms. The van der Waals surface area contributed by atoms with Gasteiger partial charge in [0, 0.05) is 18.6 Å². The van der Waals surface area contributed by atoms with Gasteiger partial charge in [0.2, 0.25) is 0 Å². The molecule has 2 aliphatic rings. The van der Waals surface area contributed by atoms with Crippen LogP contribution in [0.3, 0.4) is 0 Å². The van der Waals surface area contributed by atoms with Crippen LogP contribution in [-0.4, -0.2) is 53.7 Å². The second-order valence-electron chi connectivity index (χ2n) is 5.93. The van der Waals surface area contributed by atoms with Crippen molar-refractivity contribution in [2.45, 2.75) is 51.1 Å². The number of nitrogens with zero attached hydrogens (tertiary/aromatic N) is 1. The molecule has 2 fully saturated rings. The lowest BCUT2D eigenvalue weighted by Gasteiger charge is -2.24. The SMILES string of the molecule is CC(CNC(=O)NC1CCCC1C(=O)O)N1CCCC1. The molecular formula is C14H25N3O3. The van der Waals surface area contributed by atoms with Gasteiger partial charge < -0.3 is 15.7 Å². The van der Waals surface area contributed by atoms with E-state index < -0.39 is 11.9 Å². The van der Waals surface area contributed by atoms with Crippen molar-refractivity contribution < 1.29 is 14.7 Å². The van der Waals surface area contributed by atoms with Crippen molar-refractivity contribution in [3.63, 3.8) is 0 Å². The zero-order valence-corrected chi connectivity index (χ0v) is 12.1. The van der Waals surface area contributed by atoms with Crippen molar-refractivity contribution in [1.82, 2.24) is 15.5 Å². The van der Waals surface area contributed by atoms with Crippen molar-refractivity contribution >= 4 is 12.0 Å². The van der Waals surface area contributed by atoms with Crippen LogP contribution in [0.15, 0.2) is 0 Å². The highest BCUT2D eigenvalue weighted by molar-refractivity contribution is 5.77. The average molecular weight is 283 g/mol. The molecule has 0 bridgehead atoms. The zero-order chi connectivity index (χ0) is 14.5. The molecule has 0 radical (unpaired) electrons. The number of likely N-dealkylation sites (tertiary alicyclic amines) is 1. The van der Waals surface area contributed by atoms with Crippen molar-refractivity contribution in [3.8, 4) is 0 Å². The summed E-state index contributed by atoms with van der Waals surface area (Å²) >= 11 is 0. The quantitative estimate of drug-likeness (QED) is 0.703. The maximum atomic E-state index is 11.9. The molecule has 3 unspecified atom stereocenters. The minimum atomic E-state index is -0.807. The minimum absolute atomic E-state index is 0.227. The van der Waals surface area contributed by atoms with Crippen LogP contribution in [0, 0.1) is 5.92 Å². The number of amides is 2. The number of carbonyl (C=O) groups excluding carboxylic acids is 1. The first-order valence-electron chi connectivity index (χ1n) is 7.59. The number of hydrogen-bond acceptors (Lipinski definition) is 3. The molecule has 0 aromatic carbocycles. The maximum absolute atomic E-state index is 11.9. The van der Waals surface area contributed by atoms with Crippen LogP contribution in [0.1, 0.15) is 39.0 Å². The zero-order valence-electron chi connectivity index (χ0n) is 12.1. The Hall–Kier alpha value is -1.30. The monoisotopic (exact) mass is 283 g/mol. The number of carbonyl (C=O) groups is 2. The summed E-state index contributed by atoms with van der Waals surface area (Å²) in [5, 5.41) is 14.7. The predicted octanol–water partition coefficient (Wildman–Crippen LogP) is 1.02. The summed E-state index contributed by atoms with van der Waals surface area (Å²) < 4.78 is 0. The van der Waals surface area contributed by atoms with Crippen molar-refractivity contribution in [1.29, 1.82) is 0 Å². The van der Waals surface area contributed by atoms with Crippen LogP contribution in [0.4, 0.5) is 4.79 Å². The summed E-state index contributed by atoms with van der Waals surface area (Å²) in [5.41, 5.74) is 0. The Kier molecular flexibility index (Phi) is 5.23. The highest BCUT2D eigenvalue weighted by Gasteiger charge is 2.33. The molecule has 0 aromatic heterocycles. The lowest BCUT2D eigenvalue weighted by atomic mass is 10.0. The van der Waals surface area contributed by atoms with Gasteiger partial charge in [-0.1, -0.05) is 6.42 Å². The summed E-state index contributed by atoms with van der Waals surface area (Å²) in [7, 11) is 0. The van der Waals surface area contributed by atoms with E-state index in [-0.39, 0.29) is 12.1 Å². The number of rotatable bonds is 5. The molecule has 114 valence electrons. The maximum Gasteiger partial charge on any atom is 0.315 e. The number of nitrogens with one attached hydrogen (secondary N) is 2. The van der Waals surface area contributed by atoms with Gasteiger partial charge in [0.15, 0.2) is 0 Å². The Labute approximate surface area is 119 Å². The Bertz CT molecular complexity index is 356. The third kappa shape index (κ3) is 3.85. The molecule has 1 saturated heterocycles. The van der Waals surface area contributed by atoms with Gasteiger partial charge in [0.1, 0.15) is 0 Å². The van der Waals surface area contributed by atoms with Crippen LogP contribution in [0.5, 0.6) is 0 Å². The highest BCUT2D eigenvalue weighted by atomic mass is 16.4.